The van der Waals surface area contributed by atoms with Crippen LogP contribution >= 0.6 is 0 Å². The number of aryl methyl sites for hydroxylation is 1. The standard InChI is InChI=1S/C14H17N3O2/c1-9-17-11-3-2-10(8-12(11)19-9)14(4-5-14)13(18)16-7-6-15/h2-3,8H,4-7,15H2,1H3,(H,16,18). The van der Waals surface area contributed by atoms with Gasteiger partial charge in [0.2, 0.25) is 5.91 Å². The van der Waals surface area contributed by atoms with E-state index >= 15 is 0 Å². The minimum absolute atomic E-state index is 0.0635. The average Bonchev–Trinajstić information content (AvgIpc) is 3.12. The van der Waals surface area contributed by atoms with Gasteiger partial charge >= 0.3 is 0 Å². The smallest absolute Gasteiger partial charge is 0.230 e. The van der Waals surface area contributed by atoms with Crippen LogP contribution in [0.15, 0.2) is 22.6 Å². The van der Waals surface area contributed by atoms with Crippen LogP contribution < -0.4 is 11.1 Å². The number of nitrogens with one attached hydrogen (secondary N) is 1. The Bertz CT molecular complexity index is 629. The number of hydrogen-bond acceptors (Lipinski definition) is 4. The van der Waals surface area contributed by atoms with Gasteiger partial charge < -0.3 is 15.5 Å². The van der Waals surface area contributed by atoms with Crippen LogP contribution in [0.5, 0.6) is 0 Å². The zero-order valence-electron chi connectivity index (χ0n) is 10.9. The molecule has 5 heteroatoms. The molecule has 0 saturated heterocycles. The summed E-state index contributed by atoms with van der Waals surface area (Å²) in [5.74, 6) is 0.707. The molecule has 0 spiro atoms. The van der Waals surface area contributed by atoms with Gasteiger partial charge in [-0.15, -0.1) is 0 Å². The van der Waals surface area contributed by atoms with Gasteiger partial charge in [0.25, 0.3) is 0 Å². The molecule has 0 bridgehead atoms. The third-order valence-corrected chi connectivity index (χ3v) is 3.66. The number of oxazole rings is 1. The van der Waals surface area contributed by atoms with Crippen molar-refractivity contribution in [2.45, 2.75) is 25.2 Å². The summed E-state index contributed by atoms with van der Waals surface area (Å²) in [5.41, 5.74) is 7.61. The Morgan fingerprint density at radius 3 is 3.00 bits per heavy atom. The summed E-state index contributed by atoms with van der Waals surface area (Å²) in [6.07, 6.45) is 1.75. The number of amides is 1. The number of aromatic nitrogens is 1. The second kappa shape index (κ2) is 4.35. The molecule has 3 rings (SSSR count). The number of fused-ring (bicyclic) bond motifs is 1. The van der Waals surface area contributed by atoms with Crippen LogP contribution in [0.4, 0.5) is 0 Å². The second-order valence-electron chi connectivity index (χ2n) is 5.04. The Balaban J connectivity index is 1.92. The largest absolute Gasteiger partial charge is 0.441 e. The number of rotatable bonds is 4. The fourth-order valence-corrected chi connectivity index (χ4v) is 2.46. The van der Waals surface area contributed by atoms with E-state index in [-0.39, 0.29) is 11.3 Å². The molecule has 1 aromatic carbocycles. The highest BCUT2D eigenvalue weighted by Gasteiger charge is 2.51. The predicted octanol–water partition coefficient (Wildman–Crippen LogP) is 1.24. The summed E-state index contributed by atoms with van der Waals surface area (Å²) < 4.78 is 5.53. The van der Waals surface area contributed by atoms with Crippen molar-refractivity contribution in [3.8, 4) is 0 Å². The van der Waals surface area contributed by atoms with E-state index in [2.05, 4.69) is 10.3 Å². The monoisotopic (exact) mass is 259 g/mol. The lowest BCUT2D eigenvalue weighted by atomic mass is 9.94. The maximum Gasteiger partial charge on any atom is 0.230 e. The van der Waals surface area contributed by atoms with Gasteiger partial charge in [0.15, 0.2) is 11.5 Å². The number of nitrogens with zero attached hydrogens (tertiary/aromatic N) is 1. The van der Waals surface area contributed by atoms with E-state index in [0.717, 1.165) is 29.5 Å². The molecule has 3 N–H and O–H groups in total. The molecule has 2 aromatic rings. The normalized spacial score (nSPS) is 16.5. The van der Waals surface area contributed by atoms with Gasteiger partial charge in [0, 0.05) is 20.0 Å². The van der Waals surface area contributed by atoms with Crippen molar-refractivity contribution in [2.75, 3.05) is 13.1 Å². The summed E-state index contributed by atoms with van der Waals surface area (Å²) in [5, 5.41) is 2.88. The van der Waals surface area contributed by atoms with E-state index in [9.17, 15) is 4.79 Å². The topological polar surface area (TPSA) is 81.2 Å². The van der Waals surface area contributed by atoms with Crippen LogP contribution in [0.2, 0.25) is 0 Å². The Labute approximate surface area is 111 Å². The molecule has 1 aliphatic rings. The van der Waals surface area contributed by atoms with Gasteiger partial charge in [0.05, 0.1) is 5.41 Å². The van der Waals surface area contributed by atoms with Gasteiger partial charge in [-0.2, -0.15) is 0 Å². The van der Waals surface area contributed by atoms with E-state index in [0.29, 0.717) is 19.0 Å². The summed E-state index contributed by atoms with van der Waals surface area (Å²) in [6.45, 7) is 2.80. The molecule has 0 unspecified atom stereocenters. The maximum absolute atomic E-state index is 12.2. The molecule has 1 saturated carbocycles. The number of carbonyl (C=O) groups is 1. The van der Waals surface area contributed by atoms with Crippen LogP contribution in [-0.2, 0) is 10.2 Å². The lowest BCUT2D eigenvalue weighted by Gasteiger charge is -2.15. The van der Waals surface area contributed by atoms with Crippen molar-refractivity contribution in [3.63, 3.8) is 0 Å². The van der Waals surface area contributed by atoms with Crippen LogP contribution in [0.25, 0.3) is 11.1 Å². The lowest BCUT2D eigenvalue weighted by molar-refractivity contribution is -0.123. The van der Waals surface area contributed by atoms with Gasteiger partial charge in [0.1, 0.15) is 5.52 Å². The van der Waals surface area contributed by atoms with Crippen molar-refractivity contribution < 1.29 is 9.21 Å². The van der Waals surface area contributed by atoms with E-state index in [1.165, 1.54) is 0 Å². The molecule has 0 aliphatic heterocycles. The van der Waals surface area contributed by atoms with Crippen LogP contribution in [-0.4, -0.2) is 24.0 Å². The van der Waals surface area contributed by atoms with Gasteiger partial charge in [-0.3, -0.25) is 4.79 Å². The van der Waals surface area contributed by atoms with Gasteiger partial charge in [-0.25, -0.2) is 4.98 Å². The van der Waals surface area contributed by atoms with Crippen molar-refractivity contribution >= 4 is 17.0 Å². The molecular formula is C14H17N3O2. The third-order valence-electron chi connectivity index (χ3n) is 3.66. The average molecular weight is 259 g/mol. The molecular weight excluding hydrogens is 242 g/mol. The minimum atomic E-state index is -0.385. The summed E-state index contributed by atoms with van der Waals surface area (Å²) in [7, 11) is 0. The molecule has 1 aromatic heterocycles. The first-order chi connectivity index (χ1) is 9.15. The van der Waals surface area contributed by atoms with E-state index in [4.69, 9.17) is 10.2 Å². The number of carbonyl (C=O) groups excluding carboxylic acids is 1. The molecule has 1 heterocycles. The summed E-state index contributed by atoms with van der Waals surface area (Å²) in [4.78, 5) is 16.5. The van der Waals surface area contributed by atoms with Crippen LogP contribution in [0.1, 0.15) is 24.3 Å². The maximum atomic E-state index is 12.2. The quantitative estimate of drug-likeness (QED) is 0.865. The Kier molecular flexibility index (Phi) is 2.78. The zero-order chi connectivity index (χ0) is 13.5. The Morgan fingerprint density at radius 2 is 2.32 bits per heavy atom. The first-order valence-corrected chi connectivity index (χ1v) is 6.52. The Morgan fingerprint density at radius 1 is 1.53 bits per heavy atom. The van der Waals surface area contributed by atoms with Crippen molar-refractivity contribution in [1.29, 1.82) is 0 Å². The molecule has 100 valence electrons. The predicted molar refractivity (Wildman–Crippen MR) is 71.7 cm³/mol. The molecule has 0 radical (unpaired) electrons. The van der Waals surface area contributed by atoms with Gasteiger partial charge in [-0.1, -0.05) is 6.07 Å². The second-order valence-corrected chi connectivity index (χ2v) is 5.04. The summed E-state index contributed by atoms with van der Waals surface area (Å²) in [6, 6.07) is 5.82. The number of hydrogen-bond donors (Lipinski definition) is 2. The molecule has 1 aliphatic carbocycles. The number of nitrogens with two attached hydrogens (primary N) is 1. The SMILES string of the molecule is Cc1nc2ccc(C3(C(=O)NCCN)CC3)cc2o1. The summed E-state index contributed by atoms with van der Waals surface area (Å²) >= 11 is 0. The molecule has 1 amide bonds. The number of benzene rings is 1. The third kappa shape index (κ3) is 2.00. The molecule has 1 fully saturated rings. The molecule has 0 atom stereocenters. The fraction of sp³-hybridized carbons (Fsp3) is 0.429. The minimum Gasteiger partial charge on any atom is -0.441 e. The molecule has 5 nitrogen and oxygen atoms in total. The van der Waals surface area contributed by atoms with Crippen LogP contribution in [0.3, 0.4) is 0 Å². The van der Waals surface area contributed by atoms with Crippen molar-refractivity contribution in [3.05, 3.63) is 29.7 Å². The van der Waals surface area contributed by atoms with Crippen LogP contribution in [0, 0.1) is 6.92 Å². The lowest BCUT2D eigenvalue weighted by Crippen LogP contribution is -2.37. The first kappa shape index (κ1) is 12.2. The van der Waals surface area contributed by atoms with E-state index in [1.807, 2.05) is 25.1 Å². The highest BCUT2D eigenvalue weighted by Crippen LogP contribution is 2.48. The van der Waals surface area contributed by atoms with E-state index < -0.39 is 0 Å². The fourth-order valence-electron chi connectivity index (χ4n) is 2.46. The Hall–Kier alpha value is -1.88. The van der Waals surface area contributed by atoms with Gasteiger partial charge in [-0.05, 0) is 30.5 Å². The van der Waals surface area contributed by atoms with Crippen molar-refractivity contribution in [1.82, 2.24) is 10.3 Å². The van der Waals surface area contributed by atoms with Crippen molar-refractivity contribution in [2.24, 2.45) is 5.73 Å². The van der Waals surface area contributed by atoms with E-state index in [1.54, 1.807) is 0 Å². The highest BCUT2D eigenvalue weighted by atomic mass is 16.3. The zero-order valence-corrected chi connectivity index (χ0v) is 10.9. The highest BCUT2D eigenvalue weighted by molar-refractivity contribution is 5.92. The first-order valence-electron chi connectivity index (χ1n) is 6.52. The molecule has 19 heavy (non-hydrogen) atoms.